The topological polar surface area (TPSA) is 63.9 Å². The molecule has 4 rings (SSSR count). The third kappa shape index (κ3) is 7.35. The standard InChI is InChI=1S/C26H28F6N4O3/c1-16(18-11-19(25(27,28)29)13-20(12-18)26(30,31)32)38-24-23(17-7-5-4-6-8-17)36(9-10-37-24)15-22-33-21(34-39-22)14-35(2)3/h4-8,11-13,16,23-24H,9-10,14-15H2,1-3H3. The van der Waals surface area contributed by atoms with Gasteiger partial charge in [-0.05, 0) is 50.3 Å². The van der Waals surface area contributed by atoms with Gasteiger partial charge in [0.05, 0.1) is 43.0 Å². The van der Waals surface area contributed by atoms with E-state index in [0.717, 1.165) is 5.56 Å². The molecule has 13 heteroatoms. The van der Waals surface area contributed by atoms with Crippen LogP contribution in [0.1, 0.15) is 53.0 Å². The molecule has 1 aliphatic heterocycles. The largest absolute Gasteiger partial charge is 0.416 e. The van der Waals surface area contributed by atoms with E-state index in [9.17, 15) is 26.3 Å². The molecule has 0 radical (unpaired) electrons. The van der Waals surface area contributed by atoms with Gasteiger partial charge in [0.25, 0.3) is 0 Å². The molecule has 1 aromatic heterocycles. The van der Waals surface area contributed by atoms with Crippen molar-refractivity contribution in [2.75, 3.05) is 27.2 Å². The van der Waals surface area contributed by atoms with E-state index in [2.05, 4.69) is 10.1 Å². The van der Waals surface area contributed by atoms with Crippen LogP contribution in [0.2, 0.25) is 0 Å². The first-order valence-corrected chi connectivity index (χ1v) is 12.1. The molecule has 39 heavy (non-hydrogen) atoms. The van der Waals surface area contributed by atoms with Gasteiger partial charge in [-0.25, -0.2) is 0 Å². The Bertz CT molecular complexity index is 1200. The second-order valence-electron chi connectivity index (χ2n) is 9.52. The molecule has 3 unspecified atom stereocenters. The smallest absolute Gasteiger partial charge is 0.349 e. The highest BCUT2D eigenvalue weighted by Gasteiger charge is 2.39. The van der Waals surface area contributed by atoms with E-state index in [4.69, 9.17) is 14.0 Å². The first-order valence-electron chi connectivity index (χ1n) is 12.1. The van der Waals surface area contributed by atoms with Gasteiger partial charge in [-0.1, -0.05) is 35.5 Å². The molecule has 1 fully saturated rings. The van der Waals surface area contributed by atoms with Gasteiger partial charge in [0.1, 0.15) is 0 Å². The molecule has 1 aliphatic rings. The maximum atomic E-state index is 13.4. The highest BCUT2D eigenvalue weighted by Crippen LogP contribution is 2.39. The molecule has 0 spiro atoms. The summed E-state index contributed by atoms with van der Waals surface area (Å²) in [7, 11) is 3.74. The molecule has 0 amide bonds. The summed E-state index contributed by atoms with van der Waals surface area (Å²) < 4.78 is 97.8. The second-order valence-corrected chi connectivity index (χ2v) is 9.52. The molecule has 0 bridgehead atoms. The number of nitrogens with zero attached hydrogens (tertiary/aromatic N) is 4. The van der Waals surface area contributed by atoms with Crippen molar-refractivity contribution in [1.29, 1.82) is 0 Å². The third-order valence-electron chi connectivity index (χ3n) is 6.18. The van der Waals surface area contributed by atoms with Crippen molar-refractivity contribution >= 4 is 0 Å². The van der Waals surface area contributed by atoms with Crippen molar-refractivity contribution in [1.82, 2.24) is 19.9 Å². The molecule has 0 aliphatic carbocycles. The average Bonchev–Trinajstić information content (AvgIpc) is 3.29. The van der Waals surface area contributed by atoms with Crippen molar-refractivity contribution in [3.05, 3.63) is 82.5 Å². The summed E-state index contributed by atoms with van der Waals surface area (Å²) in [4.78, 5) is 8.27. The molecule has 3 aromatic rings. The number of halogens is 6. The Morgan fingerprint density at radius 3 is 2.26 bits per heavy atom. The van der Waals surface area contributed by atoms with Gasteiger partial charge >= 0.3 is 12.4 Å². The first kappa shape index (κ1) is 29.0. The van der Waals surface area contributed by atoms with Gasteiger partial charge in [0, 0.05) is 6.54 Å². The van der Waals surface area contributed by atoms with Crippen LogP contribution in [0.25, 0.3) is 0 Å². The highest BCUT2D eigenvalue weighted by atomic mass is 19.4. The summed E-state index contributed by atoms with van der Waals surface area (Å²) in [6.45, 7) is 2.76. The maximum absolute atomic E-state index is 13.4. The molecule has 0 N–H and O–H groups in total. The zero-order valence-corrected chi connectivity index (χ0v) is 21.5. The molecule has 2 aromatic carbocycles. The molecule has 7 nitrogen and oxygen atoms in total. The van der Waals surface area contributed by atoms with Crippen LogP contribution in [0, 0.1) is 0 Å². The first-order chi connectivity index (χ1) is 18.3. The lowest BCUT2D eigenvalue weighted by atomic mass is 10.0. The molecule has 1 saturated heterocycles. The van der Waals surface area contributed by atoms with Crippen LogP contribution in [0.15, 0.2) is 53.1 Å². The van der Waals surface area contributed by atoms with Gasteiger partial charge in [0.15, 0.2) is 12.1 Å². The lowest BCUT2D eigenvalue weighted by Gasteiger charge is -2.41. The molecule has 3 atom stereocenters. The normalized spacial score (nSPS) is 19.9. The molecule has 0 saturated carbocycles. The van der Waals surface area contributed by atoms with E-state index in [1.165, 1.54) is 6.92 Å². The molecule has 212 valence electrons. The summed E-state index contributed by atoms with van der Waals surface area (Å²) in [6.07, 6.45) is -12.1. The van der Waals surface area contributed by atoms with Crippen LogP contribution in [0.4, 0.5) is 26.3 Å². The number of aromatic nitrogens is 2. The Hall–Kier alpha value is -3.00. The van der Waals surface area contributed by atoms with Gasteiger partial charge in [-0.2, -0.15) is 31.3 Å². The number of hydrogen-bond acceptors (Lipinski definition) is 7. The lowest BCUT2D eigenvalue weighted by Crippen LogP contribution is -2.46. The summed E-state index contributed by atoms with van der Waals surface area (Å²) in [5, 5.41) is 3.98. The van der Waals surface area contributed by atoms with E-state index < -0.39 is 41.9 Å². The van der Waals surface area contributed by atoms with Crippen LogP contribution in [0.5, 0.6) is 0 Å². The Morgan fingerprint density at radius 1 is 1.03 bits per heavy atom. The summed E-state index contributed by atoms with van der Waals surface area (Å²) in [5.74, 6) is 0.861. The number of ether oxygens (including phenoxy) is 2. The molecular weight excluding hydrogens is 530 g/mol. The van der Waals surface area contributed by atoms with E-state index in [0.29, 0.717) is 36.9 Å². The Balaban J connectivity index is 1.62. The zero-order valence-electron chi connectivity index (χ0n) is 21.5. The fourth-order valence-electron chi connectivity index (χ4n) is 4.37. The fraction of sp³-hybridized carbons (Fsp3) is 0.462. The zero-order chi connectivity index (χ0) is 28.4. The van der Waals surface area contributed by atoms with Crippen molar-refractivity contribution < 1.29 is 40.3 Å². The number of benzene rings is 2. The van der Waals surface area contributed by atoms with Gasteiger partial charge in [-0.3, -0.25) is 4.90 Å². The fourth-order valence-corrected chi connectivity index (χ4v) is 4.37. The van der Waals surface area contributed by atoms with Crippen LogP contribution >= 0.6 is 0 Å². The number of alkyl halides is 6. The predicted octanol–water partition coefficient (Wildman–Crippen LogP) is 5.85. The summed E-state index contributed by atoms with van der Waals surface area (Å²) in [6, 6.07) is 10.00. The molecule has 2 heterocycles. The van der Waals surface area contributed by atoms with Crippen molar-refractivity contribution in [2.45, 2.75) is 50.8 Å². The predicted molar refractivity (Wildman–Crippen MR) is 127 cm³/mol. The minimum Gasteiger partial charge on any atom is -0.349 e. The van der Waals surface area contributed by atoms with E-state index in [-0.39, 0.29) is 24.8 Å². The van der Waals surface area contributed by atoms with Crippen molar-refractivity contribution in [2.24, 2.45) is 0 Å². The average molecular weight is 559 g/mol. The highest BCUT2D eigenvalue weighted by molar-refractivity contribution is 5.34. The monoisotopic (exact) mass is 558 g/mol. The minimum absolute atomic E-state index is 0.0940. The van der Waals surface area contributed by atoms with E-state index in [1.54, 1.807) is 0 Å². The summed E-state index contributed by atoms with van der Waals surface area (Å²) in [5.41, 5.74) is -2.30. The molecular formula is C26H28F6N4O3. The maximum Gasteiger partial charge on any atom is 0.416 e. The Labute approximate surface area is 221 Å². The second kappa shape index (κ2) is 11.6. The van der Waals surface area contributed by atoms with E-state index in [1.807, 2.05) is 54.2 Å². The number of rotatable bonds is 8. The number of morpholine rings is 1. The van der Waals surface area contributed by atoms with Crippen molar-refractivity contribution in [3.63, 3.8) is 0 Å². The SMILES string of the molecule is CC(OC1OCCN(Cc2nc(CN(C)C)no2)C1c1ccccc1)c1cc(C(F)(F)F)cc(C(F)(F)F)c1. The minimum atomic E-state index is -4.96. The van der Waals surface area contributed by atoms with Gasteiger partial charge < -0.3 is 18.9 Å². The summed E-state index contributed by atoms with van der Waals surface area (Å²) >= 11 is 0. The van der Waals surface area contributed by atoms with Gasteiger partial charge in [0.2, 0.25) is 5.89 Å². The quantitative estimate of drug-likeness (QED) is 0.322. The van der Waals surface area contributed by atoms with Crippen LogP contribution < -0.4 is 0 Å². The number of hydrogen-bond donors (Lipinski definition) is 0. The van der Waals surface area contributed by atoms with E-state index >= 15 is 0 Å². The van der Waals surface area contributed by atoms with Crippen molar-refractivity contribution in [3.8, 4) is 0 Å². The van der Waals surface area contributed by atoms with Crippen LogP contribution in [-0.4, -0.2) is 53.5 Å². The Morgan fingerprint density at radius 2 is 1.67 bits per heavy atom. The lowest BCUT2D eigenvalue weighted by molar-refractivity contribution is -0.231. The van der Waals surface area contributed by atoms with Crippen LogP contribution in [-0.2, 0) is 34.9 Å². The van der Waals surface area contributed by atoms with Crippen LogP contribution in [0.3, 0.4) is 0 Å². The Kier molecular flexibility index (Phi) is 8.64. The third-order valence-corrected chi connectivity index (χ3v) is 6.18. The van der Waals surface area contributed by atoms with Gasteiger partial charge in [-0.15, -0.1) is 0 Å².